The molecule has 0 unspecified atom stereocenters. The van der Waals surface area contributed by atoms with Gasteiger partial charge >= 0.3 is 0 Å². The lowest BCUT2D eigenvalue weighted by molar-refractivity contribution is -0.157. The van der Waals surface area contributed by atoms with Crippen molar-refractivity contribution in [2.75, 3.05) is 6.61 Å². The molecule has 0 amide bonds. The van der Waals surface area contributed by atoms with Gasteiger partial charge in [-0.25, -0.2) is 0 Å². The summed E-state index contributed by atoms with van der Waals surface area (Å²) in [4.78, 5) is 29.6. The lowest BCUT2D eigenvalue weighted by Gasteiger charge is -2.54. The van der Waals surface area contributed by atoms with E-state index in [1.54, 1.807) is 0 Å². The van der Waals surface area contributed by atoms with E-state index in [2.05, 4.69) is 24.3 Å². The van der Waals surface area contributed by atoms with Gasteiger partial charge in [-0.2, -0.15) is 0 Å². The second-order valence-corrected chi connectivity index (χ2v) is 10.8. The quantitative estimate of drug-likeness (QED) is 0.351. The first-order chi connectivity index (χ1) is 18.1. The molecule has 0 N–H and O–H groups in total. The zero-order valence-electron chi connectivity index (χ0n) is 20.6. The highest BCUT2D eigenvalue weighted by molar-refractivity contribution is 6.10. The maximum absolute atomic E-state index is 15.1. The molecule has 4 aliphatic carbocycles. The maximum atomic E-state index is 15.1. The molecular weight excluding hydrogens is 460 g/mol. The summed E-state index contributed by atoms with van der Waals surface area (Å²) in [5, 5.41) is 2.17. The van der Waals surface area contributed by atoms with Gasteiger partial charge in [-0.3, -0.25) is 9.59 Å². The minimum absolute atomic E-state index is 0.00203. The molecule has 1 saturated carbocycles. The zero-order chi connectivity index (χ0) is 24.9. The highest BCUT2D eigenvalue weighted by atomic mass is 16.5. The minimum Gasteiger partial charge on any atom is -0.473 e. The third kappa shape index (κ3) is 2.34. The Labute approximate surface area is 215 Å². The lowest BCUT2D eigenvalue weighted by atomic mass is 9.53. The van der Waals surface area contributed by atoms with E-state index in [4.69, 9.17) is 9.47 Å². The van der Waals surface area contributed by atoms with Crippen LogP contribution < -0.4 is 4.74 Å². The second kappa shape index (κ2) is 7.17. The Bertz CT molecular complexity index is 1650. The molecule has 4 aromatic rings. The van der Waals surface area contributed by atoms with Crippen molar-refractivity contribution in [3.63, 3.8) is 0 Å². The molecule has 2 spiro atoms. The van der Waals surface area contributed by atoms with Gasteiger partial charge < -0.3 is 9.47 Å². The first kappa shape index (κ1) is 21.3. The third-order valence-corrected chi connectivity index (χ3v) is 9.40. The SMILES string of the molecule is CCO[C@@H]1c2ccccc2[C@@]23Cc4c(ccc5ccccc45)O[C@@]24C(=O)C[C@H](c2ccccc24)[C@@H]1C3=O. The molecule has 0 saturated heterocycles. The molecule has 4 nitrogen and oxygen atoms in total. The molecule has 4 aromatic carbocycles. The number of carbonyl (C=O) groups is 2. The van der Waals surface area contributed by atoms with Gasteiger partial charge in [0.25, 0.3) is 0 Å². The summed E-state index contributed by atoms with van der Waals surface area (Å²) in [6.07, 6.45) is 0.296. The number of rotatable bonds is 2. The van der Waals surface area contributed by atoms with Gasteiger partial charge in [0.05, 0.1) is 12.0 Å². The number of hydrogen-bond acceptors (Lipinski definition) is 4. The largest absolute Gasteiger partial charge is 0.473 e. The smallest absolute Gasteiger partial charge is 0.209 e. The highest BCUT2D eigenvalue weighted by Crippen LogP contribution is 2.67. The van der Waals surface area contributed by atoms with E-state index in [0.717, 1.165) is 38.6 Å². The monoisotopic (exact) mass is 486 g/mol. The van der Waals surface area contributed by atoms with Crippen LogP contribution in [0.2, 0.25) is 0 Å². The molecular formula is C33H26O4. The summed E-state index contributed by atoms with van der Waals surface area (Å²) in [7, 11) is 0. The van der Waals surface area contributed by atoms with Crippen LogP contribution >= 0.6 is 0 Å². The summed E-state index contributed by atoms with van der Waals surface area (Å²) in [6.45, 7) is 2.46. The molecule has 37 heavy (non-hydrogen) atoms. The van der Waals surface area contributed by atoms with Crippen LogP contribution in [0.25, 0.3) is 10.8 Å². The molecule has 5 aliphatic rings. The van der Waals surface area contributed by atoms with Gasteiger partial charge in [0, 0.05) is 30.1 Å². The van der Waals surface area contributed by atoms with E-state index in [0.29, 0.717) is 18.8 Å². The van der Waals surface area contributed by atoms with E-state index in [1.165, 1.54) is 0 Å². The van der Waals surface area contributed by atoms with Crippen LogP contribution in [-0.4, -0.2) is 18.2 Å². The Balaban J connectivity index is 1.56. The molecule has 1 heterocycles. The topological polar surface area (TPSA) is 52.6 Å². The fourth-order valence-corrected chi connectivity index (χ4v) is 8.07. The normalized spacial score (nSPS) is 30.6. The molecule has 4 bridgehead atoms. The summed E-state index contributed by atoms with van der Waals surface area (Å²) in [5.41, 5.74) is 2.20. The Hall–Kier alpha value is -3.76. The third-order valence-electron chi connectivity index (χ3n) is 9.40. The first-order valence-electron chi connectivity index (χ1n) is 13.2. The van der Waals surface area contributed by atoms with E-state index < -0.39 is 23.0 Å². The predicted molar refractivity (Wildman–Crippen MR) is 140 cm³/mol. The number of fused-ring (bicyclic) bond motifs is 5. The number of Topliss-reactive ketones (excluding diaryl/α,β-unsaturated/α-hetero) is 2. The summed E-state index contributed by atoms with van der Waals surface area (Å²) in [5.74, 6) is 0.0804. The van der Waals surface area contributed by atoms with Crippen LogP contribution in [0.1, 0.15) is 53.2 Å². The van der Waals surface area contributed by atoms with Crippen molar-refractivity contribution < 1.29 is 19.1 Å². The second-order valence-electron chi connectivity index (χ2n) is 10.8. The van der Waals surface area contributed by atoms with Crippen LogP contribution in [-0.2, 0) is 31.8 Å². The van der Waals surface area contributed by atoms with Crippen molar-refractivity contribution in [2.45, 2.75) is 42.8 Å². The molecule has 1 fully saturated rings. The minimum atomic E-state index is -1.41. The Morgan fingerprint density at radius 3 is 2.43 bits per heavy atom. The number of hydrogen-bond donors (Lipinski definition) is 0. The molecule has 182 valence electrons. The maximum Gasteiger partial charge on any atom is 0.209 e. The molecule has 4 heteroatoms. The van der Waals surface area contributed by atoms with Crippen molar-refractivity contribution in [3.8, 4) is 5.75 Å². The van der Waals surface area contributed by atoms with Gasteiger partial charge in [-0.1, -0.05) is 78.9 Å². The van der Waals surface area contributed by atoms with E-state index >= 15 is 4.79 Å². The molecule has 1 aliphatic heterocycles. The Morgan fingerprint density at radius 2 is 1.59 bits per heavy atom. The summed E-state index contributed by atoms with van der Waals surface area (Å²) < 4.78 is 13.4. The first-order valence-corrected chi connectivity index (χ1v) is 13.2. The van der Waals surface area contributed by atoms with Crippen LogP contribution in [0.15, 0.2) is 84.9 Å². The van der Waals surface area contributed by atoms with Crippen LogP contribution in [0, 0.1) is 5.92 Å². The number of ether oxygens (including phenoxy) is 2. The zero-order valence-corrected chi connectivity index (χ0v) is 20.6. The van der Waals surface area contributed by atoms with Gasteiger partial charge in [-0.05, 0) is 46.9 Å². The number of benzene rings is 4. The molecule has 5 atom stereocenters. The number of carbonyl (C=O) groups excluding carboxylic acids is 2. The van der Waals surface area contributed by atoms with Gasteiger partial charge in [-0.15, -0.1) is 0 Å². The van der Waals surface area contributed by atoms with Crippen molar-refractivity contribution >= 4 is 22.3 Å². The summed E-state index contributed by atoms with van der Waals surface area (Å²) in [6, 6.07) is 28.4. The molecule has 9 rings (SSSR count). The average molecular weight is 487 g/mol. The Morgan fingerprint density at radius 1 is 0.865 bits per heavy atom. The number of ketones is 2. The predicted octanol–water partition coefficient (Wildman–Crippen LogP) is 5.95. The Kier molecular flexibility index (Phi) is 4.14. The molecule has 0 aromatic heterocycles. The van der Waals surface area contributed by atoms with Gasteiger partial charge in [0.2, 0.25) is 5.60 Å². The van der Waals surface area contributed by atoms with Crippen LogP contribution in [0.5, 0.6) is 5.75 Å². The summed E-state index contributed by atoms with van der Waals surface area (Å²) >= 11 is 0. The van der Waals surface area contributed by atoms with Crippen LogP contribution in [0.3, 0.4) is 0 Å². The van der Waals surface area contributed by atoms with Crippen molar-refractivity contribution in [1.29, 1.82) is 0 Å². The van der Waals surface area contributed by atoms with Crippen LogP contribution in [0.4, 0.5) is 0 Å². The van der Waals surface area contributed by atoms with E-state index in [-0.39, 0.29) is 23.9 Å². The van der Waals surface area contributed by atoms with Gasteiger partial charge in [0.15, 0.2) is 11.6 Å². The van der Waals surface area contributed by atoms with Crippen molar-refractivity contribution in [3.05, 3.63) is 113 Å². The van der Waals surface area contributed by atoms with E-state index in [1.807, 2.05) is 67.6 Å². The van der Waals surface area contributed by atoms with Crippen molar-refractivity contribution in [2.24, 2.45) is 5.92 Å². The van der Waals surface area contributed by atoms with Gasteiger partial charge in [0.1, 0.15) is 11.2 Å². The fourth-order valence-electron chi connectivity index (χ4n) is 8.07. The highest BCUT2D eigenvalue weighted by Gasteiger charge is 2.75. The molecule has 0 radical (unpaired) electrons. The van der Waals surface area contributed by atoms with Crippen molar-refractivity contribution in [1.82, 2.24) is 0 Å². The average Bonchev–Trinajstić information content (AvgIpc) is 3.03. The van der Waals surface area contributed by atoms with E-state index in [9.17, 15) is 4.79 Å². The standard InChI is InChI=1S/C33H26O4/c1-2-36-30-22-12-6-7-13-25(22)32-18-24-20-10-4-3-9-19(20)15-16-27(24)37-33(32)26-14-8-5-11-21(26)23(17-28(33)34)29(30)31(32)35/h3-16,23,29-30H,2,17-18H2,1H3/t23-,29+,30-,32-,33+/m1/s1. The lowest BCUT2D eigenvalue weighted by Crippen LogP contribution is -2.66. The fraction of sp³-hybridized carbons (Fsp3) is 0.273.